The molecule has 1 amide bonds. The van der Waals surface area contributed by atoms with E-state index in [2.05, 4.69) is 29.1 Å². The van der Waals surface area contributed by atoms with Crippen LogP contribution in [-0.4, -0.2) is 41.3 Å². The number of carbonyl (C=O) groups is 1. The third-order valence-electron chi connectivity index (χ3n) is 2.90. The number of aromatic nitrogens is 1. The Bertz CT molecular complexity index is 421. The monoisotopic (exact) mass is 281 g/mol. The molecular formula is C15H27N3O2. The normalized spacial score (nSPS) is 11.4. The number of amides is 1. The minimum absolute atomic E-state index is 0.281. The fourth-order valence-electron chi connectivity index (χ4n) is 1.81. The van der Waals surface area contributed by atoms with E-state index in [9.17, 15) is 4.79 Å². The number of rotatable bonds is 6. The molecule has 0 bridgehead atoms. The van der Waals surface area contributed by atoms with Crippen LogP contribution in [0, 0.1) is 0 Å². The van der Waals surface area contributed by atoms with Crippen molar-refractivity contribution < 1.29 is 9.53 Å². The summed E-state index contributed by atoms with van der Waals surface area (Å²) in [5.74, 6) is 0. The number of hydrogen-bond acceptors (Lipinski definition) is 3. The molecule has 1 aromatic heterocycles. The van der Waals surface area contributed by atoms with Gasteiger partial charge >= 0.3 is 6.09 Å². The largest absolute Gasteiger partial charge is 0.444 e. The van der Waals surface area contributed by atoms with Gasteiger partial charge in [-0.05, 0) is 39.8 Å². The highest BCUT2D eigenvalue weighted by Gasteiger charge is 2.18. The van der Waals surface area contributed by atoms with Gasteiger partial charge in [-0.2, -0.15) is 0 Å². The van der Waals surface area contributed by atoms with E-state index in [-0.39, 0.29) is 6.09 Å². The SMILES string of the molecule is CCn1cccc1CNCCN(C)C(=O)OC(C)(C)C. The standard InChI is InChI=1S/C15H27N3O2/c1-6-18-10-7-8-13(18)12-16-9-11-17(5)14(19)20-15(2,3)4/h7-8,10,16H,6,9,11-12H2,1-5H3. The predicted octanol–water partition coefficient (Wildman–Crippen LogP) is 2.46. The summed E-state index contributed by atoms with van der Waals surface area (Å²) in [6.45, 7) is 10.9. The zero-order valence-corrected chi connectivity index (χ0v) is 13.3. The third-order valence-corrected chi connectivity index (χ3v) is 2.90. The molecule has 0 radical (unpaired) electrons. The summed E-state index contributed by atoms with van der Waals surface area (Å²) in [6, 6.07) is 4.15. The van der Waals surface area contributed by atoms with E-state index in [1.807, 2.05) is 26.8 Å². The molecule has 5 heteroatoms. The van der Waals surface area contributed by atoms with Crippen molar-refractivity contribution in [3.8, 4) is 0 Å². The lowest BCUT2D eigenvalue weighted by Crippen LogP contribution is -2.38. The second-order valence-electron chi connectivity index (χ2n) is 5.86. The molecule has 1 heterocycles. The maximum Gasteiger partial charge on any atom is 0.410 e. The summed E-state index contributed by atoms with van der Waals surface area (Å²) >= 11 is 0. The lowest BCUT2D eigenvalue weighted by Gasteiger charge is -2.24. The number of likely N-dealkylation sites (N-methyl/N-ethyl adjacent to an activating group) is 1. The highest BCUT2D eigenvalue weighted by atomic mass is 16.6. The van der Waals surface area contributed by atoms with Gasteiger partial charge in [0.15, 0.2) is 0 Å². The number of ether oxygens (including phenoxy) is 1. The molecule has 0 aliphatic carbocycles. The van der Waals surface area contributed by atoms with Gasteiger partial charge in [-0.3, -0.25) is 0 Å². The first-order valence-electron chi connectivity index (χ1n) is 7.12. The number of aryl methyl sites for hydroxylation is 1. The third kappa shape index (κ3) is 5.65. The minimum atomic E-state index is -0.444. The van der Waals surface area contributed by atoms with E-state index < -0.39 is 5.60 Å². The molecule has 0 fully saturated rings. The van der Waals surface area contributed by atoms with Crippen molar-refractivity contribution in [1.29, 1.82) is 0 Å². The Hall–Kier alpha value is -1.49. The minimum Gasteiger partial charge on any atom is -0.444 e. The summed E-state index contributed by atoms with van der Waals surface area (Å²) in [5.41, 5.74) is 0.813. The molecule has 0 saturated carbocycles. The van der Waals surface area contributed by atoms with Crippen molar-refractivity contribution in [1.82, 2.24) is 14.8 Å². The molecule has 0 aromatic carbocycles. The van der Waals surface area contributed by atoms with Gasteiger partial charge in [-0.15, -0.1) is 0 Å². The van der Waals surface area contributed by atoms with Gasteiger partial charge < -0.3 is 19.5 Å². The van der Waals surface area contributed by atoms with Crippen LogP contribution in [0.5, 0.6) is 0 Å². The van der Waals surface area contributed by atoms with E-state index in [4.69, 9.17) is 4.74 Å². The van der Waals surface area contributed by atoms with Crippen LogP contribution in [0.25, 0.3) is 0 Å². The van der Waals surface area contributed by atoms with E-state index in [0.717, 1.165) is 19.6 Å². The van der Waals surface area contributed by atoms with Crippen LogP contribution in [0.2, 0.25) is 0 Å². The van der Waals surface area contributed by atoms with Crippen LogP contribution in [0.15, 0.2) is 18.3 Å². The van der Waals surface area contributed by atoms with E-state index >= 15 is 0 Å². The smallest absolute Gasteiger partial charge is 0.410 e. The molecule has 1 aromatic rings. The maximum atomic E-state index is 11.8. The molecule has 1 rings (SSSR count). The fourth-order valence-corrected chi connectivity index (χ4v) is 1.81. The highest BCUT2D eigenvalue weighted by molar-refractivity contribution is 5.67. The van der Waals surface area contributed by atoms with Crippen molar-refractivity contribution in [2.24, 2.45) is 0 Å². The second kappa shape index (κ2) is 7.33. The molecule has 0 unspecified atom stereocenters. The summed E-state index contributed by atoms with van der Waals surface area (Å²) in [6.07, 6.45) is 1.79. The Morgan fingerprint density at radius 2 is 2.15 bits per heavy atom. The van der Waals surface area contributed by atoms with Crippen molar-refractivity contribution in [3.05, 3.63) is 24.0 Å². The first-order valence-corrected chi connectivity index (χ1v) is 7.12. The van der Waals surface area contributed by atoms with Crippen LogP contribution in [-0.2, 0) is 17.8 Å². The molecule has 0 atom stereocenters. The number of nitrogens with zero attached hydrogens (tertiary/aromatic N) is 2. The Kier molecular flexibility index (Phi) is 6.07. The Labute approximate surface area is 121 Å². The first-order chi connectivity index (χ1) is 9.33. The first kappa shape index (κ1) is 16.6. The van der Waals surface area contributed by atoms with E-state index in [1.165, 1.54) is 5.69 Å². The van der Waals surface area contributed by atoms with Gasteiger partial charge in [0.05, 0.1) is 0 Å². The van der Waals surface area contributed by atoms with Crippen LogP contribution < -0.4 is 5.32 Å². The summed E-state index contributed by atoms with van der Waals surface area (Å²) in [5, 5.41) is 3.34. The van der Waals surface area contributed by atoms with Crippen LogP contribution in [0.1, 0.15) is 33.4 Å². The number of carbonyl (C=O) groups excluding carboxylic acids is 1. The zero-order valence-electron chi connectivity index (χ0n) is 13.3. The molecule has 114 valence electrons. The van der Waals surface area contributed by atoms with Gasteiger partial charge in [0, 0.05) is 45.1 Å². The second-order valence-corrected chi connectivity index (χ2v) is 5.86. The molecule has 0 aliphatic rings. The van der Waals surface area contributed by atoms with Gasteiger partial charge in [0.25, 0.3) is 0 Å². The van der Waals surface area contributed by atoms with Crippen LogP contribution in [0.3, 0.4) is 0 Å². The highest BCUT2D eigenvalue weighted by Crippen LogP contribution is 2.08. The van der Waals surface area contributed by atoms with Crippen molar-refractivity contribution in [3.63, 3.8) is 0 Å². The van der Waals surface area contributed by atoms with Crippen molar-refractivity contribution in [2.45, 2.75) is 46.4 Å². The maximum absolute atomic E-state index is 11.8. The van der Waals surface area contributed by atoms with Gasteiger partial charge in [-0.1, -0.05) is 0 Å². The average molecular weight is 281 g/mol. The summed E-state index contributed by atoms with van der Waals surface area (Å²) in [7, 11) is 1.75. The fraction of sp³-hybridized carbons (Fsp3) is 0.667. The number of hydrogen-bond donors (Lipinski definition) is 1. The topological polar surface area (TPSA) is 46.5 Å². The van der Waals surface area contributed by atoms with Crippen LogP contribution >= 0.6 is 0 Å². The van der Waals surface area contributed by atoms with Gasteiger partial charge in [0.1, 0.15) is 5.60 Å². The Balaban J connectivity index is 2.25. The predicted molar refractivity (Wildman–Crippen MR) is 80.7 cm³/mol. The molecular weight excluding hydrogens is 254 g/mol. The Morgan fingerprint density at radius 3 is 2.75 bits per heavy atom. The van der Waals surface area contributed by atoms with Gasteiger partial charge in [-0.25, -0.2) is 4.79 Å². The average Bonchev–Trinajstić information content (AvgIpc) is 2.79. The Morgan fingerprint density at radius 1 is 1.45 bits per heavy atom. The quantitative estimate of drug-likeness (QED) is 0.815. The molecule has 0 spiro atoms. The summed E-state index contributed by atoms with van der Waals surface area (Å²) < 4.78 is 7.49. The molecule has 0 aliphatic heterocycles. The number of nitrogens with one attached hydrogen (secondary N) is 1. The molecule has 20 heavy (non-hydrogen) atoms. The van der Waals surface area contributed by atoms with Crippen molar-refractivity contribution >= 4 is 6.09 Å². The molecule has 5 nitrogen and oxygen atoms in total. The molecule has 1 N–H and O–H groups in total. The molecule has 0 saturated heterocycles. The van der Waals surface area contributed by atoms with Crippen LogP contribution in [0.4, 0.5) is 4.79 Å². The lowest BCUT2D eigenvalue weighted by molar-refractivity contribution is 0.0300. The summed E-state index contributed by atoms with van der Waals surface area (Å²) in [4.78, 5) is 13.3. The van der Waals surface area contributed by atoms with E-state index in [1.54, 1.807) is 11.9 Å². The van der Waals surface area contributed by atoms with E-state index in [0.29, 0.717) is 6.54 Å². The van der Waals surface area contributed by atoms with Crippen molar-refractivity contribution in [2.75, 3.05) is 20.1 Å². The zero-order chi connectivity index (χ0) is 15.2. The van der Waals surface area contributed by atoms with Gasteiger partial charge in [0.2, 0.25) is 0 Å². The lowest BCUT2D eigenvalue weighted by atomic mass is 10.2.